The molecule has 3 aromatic rings. The highest BCUT2D eigenvalue weighted by molar-refractivity contribution is 7.15. The monoisotopic (exact) mass is 367 g/mol. The average molecular weight is 368 g/mol. The minimum absolute atomic E-state index is 0.0102. The van der Waals surface area contributed by atoms with Crippen LogP contribution in [0.25, 0.3) is 10.6 Å². The van der Waals surface area contributed by atoms with Crippen molar-refractivity contribution in [3.8, 4) is 10.6 Å². The van der Waals surface area contributed by atoms with Crippen molar-refractivity contribution >= 4 is 11.3 Å². The van der Waals surface area contributed by atoms with Crippen LogP contribution >= 0.6 is 11.3 Å². The molecule has 4 nitrogen and oxygen atoms in total. The van der Waals surface area contributed by atoms with Crippen molar-refractivity contribution in [3.63, 3.8) is 0 Å². The number of hydrogen-bond acceptors (Lipinski definition) is 5. The molecule has 2 heterocycles. The summed E-state index contributed by atoms with van der Waals surface area (Å²) in [5.74, 6) is 0. The maximum Gasteiger partial charge on any atom is 0.125 e. The van der Waals surface area contributed by atoms with Gasteiger partial charge in [0.05, 0.1) is 12.3 Å². The fraction of sp³-hybridized carbons (Fsp3) is 0.333. The second-order valence-electron chi connectivity index (χ2n) is 6.67. The quantitative estimate of drug-likeness (QED) is 0.661. The van der Waals surface area contributed by atoms with Gasteiger partial charge >= 0.3 is 0 Å². The third-order valence-electron chi connectivity index (χ3n) is 4.44. The van der Waals surface area contributed by atoms with Gasteiger partial charge in [0.15, 0.2) is 0 Å². The Kier molecular flexibility index (Phi) is 6.14. The van der Waals surface area contributed by atoms with Crippen molar-refractivity contribution in [1.82, 2.24) is 15.3 Å². The molecule has 0 bridgehead atoms. The van der Waals surface area contributed by atoms with Crippen molar-refractivity contribution in [2.24, 2.45) is 0 Å². The predicted octanol–water partition coefficient (Wildman–Crippen LogP) is 4.08. The fourth-order valence-electron chi connectivity index (χ4n) is 3.04. The fourth-order valence-corrected chi connectivity index (χ4v) is 4.10. The van der Waals surface area contributed by atoms with Gasteiger partial charge in [0.2, 0.25) is 0 Å². The van der Waals surface area contributed by atoms with Crippen LogP contribution in [0, 0.1) is 13.8 Å². The number of aliphatic hydroxyl groups excluding tert-OH is 1. The zero-order valence-electron chi connectivity index (χ0n) is 15.4. The first-order valence-electron chi connectivity index (χ1n) is 8.87. The summed E-state index contributed by atoms with van der Waals surface area (Å²) in [5.41, 5.74) is 4.54. The van der Waals surface area contributed by atoms with Crippen LogP contribution in [0.2, 0.25) is 0 Å². The lowest BCUT2D eigenvalue weighted by molar-refractivity contribution is 0.233. The second kappa shape index (κ2) is 8.54. The van der Waals surface area contributed by atoms with Crippen LogP contribution in [-0.2, 0) is 6.42 Å². The van der Waals surface area contributed by atoms with Gasteiger partial charge in [-0.05, 0) is 44.9 Å². The summed E-state index contributed by atoms with van der Waals surface area (Å²) < 4.78 is 0. The summed E-state index contributed by atoms with van der Waals surface area (Å²) in [7, 11) is 0. The van der Waals surface area contributed by atoms with Gasteiger partial charge in [-0.25, -0.2) is 4.98 Å². The van der Waals surface area contributed by atoms with Crippen molar-refractivity contribution in [1.29, 1.82) is 0 Å². The van der Waals surface area contributed by atoms with E-state index in [1.54, 1.807) is 17.5 Å². The number of hydrogen-bond donors (Lipinski definition) is 2. The van der Waals surface area contributed by atoms with Gasteiger partial charge in [0.1, 0.15) is 5.01 Å². The molecular formula is C21H25N3OS. The van der Waals surface area contributed by atoms with Crippen molar-refractivity contribution < 1.29 is 5.11 Å². The van der Waals surface area contributed by atoms with Crippen LogP contribution in [0.3, 0.4) is 0 Å². The molecule has 0 saturated carbocycles. The molecule has 2 N–H and O–H groups in total. The smallest absolute Gasteiger partial charge is 0.125 e. The van der Waals surface area contributed by atoms with Crippen LogP contribution < -0.4 is 5.32 Å². The minimum atomic E-state index is 0.0102. The second-order valence-corrected chi connectivity index (χ2v) is 7.70. The third-order valence-corrected chi connectivity index (χ3v) is 5.83. The summed E-state index contributed by atoms with van der Waals surface area (Å²) in [6, 6.07) is 12.6. The number of aryl methyl sites for hydroxylation is 2. The first-order valence-corrected chi connectivity index (χ1v) is 9.68. The van der Waals surface area contributed by atoms with Crippen molar-refractivity contribution in [2.75, 3.05) is 6.61 Å². The van der Waals surface area contributed by atoms with E-state index in [1.165, 1.54) is 16.0 Å². The molecule has 2 atom stereocenters. The Morgan fingerprint density at radius 2 is 1.92 bits per heavy atom. The summed E-state index contributed by atoms with van der Waals surface area (Å²) in [6.45, 7) is 6.36. The summed E-state index contributed by atoms with van der Waals surface area (Å²) in [4.78, 5) is 10.1. The zero-order valence-corrected chi connectivity index (χ0v) is 16.3. The lowest BCUT2D eigenvalue weighted by atomic mass is 10.0. The summed E-state index contributed by atoms with van der Waals surface area (Å²) in [5, 5.41) is 14.3. The highest BCUT2D eigenvalue weighted by Crippen LogP contribution is 2.31. The van der Waals surface area contributed by atoms with Gasteiger partial charge in [0.25, 0.3) is 0 Å². The Hall–Kier alpha value is -2.08. The first-order chi connectivity index (χ1) is 12.6. The Labute approximate surface area is 159 Å². The molecule has 0 fully saturated rings. The third kappa shape index (κ3) is 4.55. The van der Waals surface area contributed by atoms with E-state index in [-0.39, 0.29) is 18.7 Å². The van der Waals surface area contributed by atoms with Crippen molar-refractivity contribution in [2.45, 2.75) is 39.3 Å². The van der Waals surface area contributed by atoms with E-state index < -0.39 is 0 Å². The number of aliphatic hydroxyl groups is 1. The molecule has 5 heteroatoms. The lowest BCUT2D eigenvalue weighted by Gasteiger charge is -2.21. The molecule has 0 aliphatic carbocycles. The Bertz CT molecular complexity index is 830. The van der Waals surface area contributed by atoms with Crippen LogP contribution in [-0.4, -0.2) is 27.7 Å². The molecule has 2 unspecified atom stereocenters. The van der Waals surface area contributed by atoms with E-state index in [0.29, 0.717) is 0 Å². The average Bonchev–Trinajstić information content (AvgIpc) is 3.05. The Morgan fingerprint density at radius 3 is 2.58 bits per heavy atom. The number of thiazole rings is 1. The largest absolute Gasteiger partial charge is 0.395 e. The zero-order chi connectivity index (χ0) is 18.5. The molecule has 136 valence electrons. The molecule has 0 aliphatic heterocycles. The Balaban J connectivity index is 1.71. The molecule has 0 saturated heterocycles. The molecule has 0 radical (unpaired) electrons. The first kappa shape index (κ1) is 18.7. The number of pyridine rings is 1. The predicted molar refractivity (Wildman–Crippen MR) is 107 cm³/mol. The van der Waals surface area contributed by atoms with Crippen LogP contribution in [0.4, 0.5) is 0 Å². The van der Waals surface area contributed by atoms with Gasteiger partial charge in [-0.15, -0.1) is 11.3 Å². The van der Waals surface area contributed by atoms with E-state index in [4.69, 9.17) is 4.98 Å². The normalized spacial score (nSPS) is 13.5. The molecule has 1 aromatic carbocycles. The lowest BCUT2D eigenvalue weighted by Crippen LogP contribution is -2.36. The van der Waals surface area contributed by atoms with Gasteiger partial charge in [0, 0.05) is 34.9 Å². The molecule has 0 spiro atoms. The standard InChI is InChI=1S/C21H25N3OS/c1-14-6-8-17(9-7-14)11-19(13-25)23-15(2)20-16(3)24-21(26-20)18-5-4-10-22-12-18/h4-10,12,15,19,23,25H,11,13H2,1-3H3. The Morgan fingerprint density at radius 1 is 1.15 bits per heavy atom. The number of nitrogens with zero attached hydrogens (tertiary/aromatic N) is 2. The van der Waals surface area contributed by atoms with E-state index >= 15 is 0 Å². The van der Waals surface area contributed by atoms with Gasteiger partial charge in [-0.1, -0.05) is 29.8 Å². The maximum atomic E-state index is 9.81. The number of benzene rings is 1. The molecule has 0 amide bonds. The minimum Gasteiger partial charge on any atom is -0.395 e. The maximum absolute atomic E-state index is 9.81. The molecule has 26 heavy (non-hydrogen) atoms. The van der Waals surface area contributed by atoms with E-state index in [2.05, 4.69) is 48.4 Å². The molecule has 3 rings (SSSR count). The highest BCUT2D eigenvalue weighted by Gasteiger charge is 2.19. The van der Waals surface area contributed by atoms with Crippen molar-refractivity contribution in [3.05, 3.63) is 70.5 Å². The van der Waals surface area contributed by atoms with E-state index in [1.807, 2.05) is 25.3 Å². The van der Waals surface area contributed by atoms with E-state index in [0.717, 1.165) is 22.7 Å². The summed E-state index contributed by atoms with van der Waals surface area (Å²) >= 11 is 1.69. The van der Waals surface area contributed by atoms with Crippen LogP contribution in [0.15, 0.2) is 48.8 Å². The van der Waals surface area contributed by atoms with Crippen LogP contribution in [0.1, 0.15) is 34.7 Å². The number of nitrogens with one attached hydrogen (secondary N) is 1. The molecular weight excluding hydrogens is 342 g/mol. The molecule has 0 aliphatic rings. The number of rotatable bonds is 7. The van der Waals surface area contributed by atoms with Gasteiger partial charge < -0.3 is 10.4 Å². The van der Waals surface area contributed by atoms with E-state index in [9.17, 15) is 5.11 Å². The topological polar surface area (TPSA) is 58.0 Å². The number of aromatic nitrogens is 2. The van der Waals surface area contributed by atoms with Crippen LogP contribution in [0.5, 0.6) is 0 Å². The highest BCUT2D eigenvalue weighted by atomic mass is 32.1. The van der Waals surface area contributed by atoms with Gasteiger partial charge in [-0.3, -0.25) is 4.98 Å². The van der Waals surface area contributed by atoms with Gasteiger partial charge in [-0.2, -0.15) is 0 Å². The summed E-state index contributed by atoms with van der Waals surface area (Å²) in [6.07, 6.45) is 4.41. The molecule has 2 aromatic heterocycles. The SMILES string of the molecule is Cc1ccc(CC(CO)NC(C)c2sc(-c3cccnc3)nc2C)cc1.